The maximum Gasteiger partial charge on any atom is 0.134 e. The second-order valence-electron chi connectivity index (χ2n) is 3.31. The van der Waals surface area contributed by atoms with Gasteiger partial charge in [0.05, 0.1) is 12.5 Å². The molecule has 0 spiro atoms. The van der Waals surface area contributed by atoms with Gasteiger partial charge in [0.25, 0.3) is 0 Å². The lowest BCUT2D eigenvalue weighted by molar-refractivity contribution is 0.327. The lowest BCUT2D eigenvalue weighted by Gasteiger charge is -2.02. The first kappa shape index (κ1) is 9.60. The van der Waals surface area contributed by atoms with E-state index in [-0.39, 0.29) is 0 Å². The van der Waals surface area contributed by atoms with E-state index in [1.807, 2.05) is 37.3 Å². The molecule has 0 saturated heterocycles. The average molecular weight is 201 g/mol. The van der Waals surface area contributed by atoms with Gasteiger partial charge in [-0.15, -0.1) is 0 Å². The minimum atomic E-state index is 0.405. The number of rotatable bonds is 3. The normalized spacial score (nSPS) is 10.1. The van der Waals surface area contributed by atoms with Gasteiger partial charge >= 0.3 is 0 Å². The molecule has 0 unspecified atom stereocenters. The quantitative estimate of drug-likeness (QED) is 0.717. The topological polar surface area (TPSA) is 46.2 Å². The van der Waals surface area contributed by atoms with Crippen LogP contribution in [-0.2, 0) is 0 Å². The third kappa shape index (κ3) is 2.10. The Morgan fingerprint density at radius 1 is 1.40 bits per heavy atom. The number of nitriles is 1. The molecule has 0 aliphatic heterocycles. The summed E-state index contributed by atoms with van der Waals surface area (Å²) in [4.78, 5) is 0. The van der Waals surface area contributed by atoms with Crippen LogP contribution >= 0.6 is 0 Å². The van der Waals surface area contributed by atoms with E-state index in [1.165, 1.54) is 0 Å². The molecule has 76 valence electrons. The van der Waals surface area contributed by atoms with Gasteiger partial charge < -0.3 is 9.15 Å². The van der Waals surface area contributed by atoms with Crippen molar-refractivity contribution in [2.75, 3.05) is 6.61 Å². The Hall–Kier alpha value is -1.95. The van der Waals surface area contributed by atoms with Gasteiger partial charge in [0, 0.05) is 5.39 Å². The molecule has 0 N–H and O–H groups in total. The van der Waals surface area contributed by atoms with Gasteiger partial charge in [0.2, 0.25) is 0 Å². The highest BCUT2D eigenvalue weighted by Crippen LogP contribution is 2.23. The first-order chi connectivity index (χ1) is 7.29. The molecule has 3 heteroatoms. The Bertz CT molecular complexity index is 508. The number of furan rings is 1. The van der Waals surface area contributed by atoms with E-state index in [1.54, 1.807) is 0 Å². The van der Waals surface area contributed by atoms with Gasteiger partial charge in [-0.3, -0.25) is 0 Å². The summed E-state index contributed by atoms with van der Waals surface area (Å²) in [5, 5.41) is 9.40. The summed E-state index contributed by atoms with van der Waals surface area (Å²) in [6, 6.07) is 9.65. The molecule has 0 amide bonds. The summed E-state index contributed by atoms with van der Waals surface area (Å²) in [6.07, 6.45) is 0.405. The third-order valence-corrected chi connectivity index (χ3v) is 2.09. The van der Waals surface area contributed by atoms with E-state index in [4.69, 9.17) is 14.4 Å². The number of hydrogen-bond acceptors (Lipinski definition) is 3. The Kier molecular flexibility index (Phi) is 2.59. The molecule has 3 nitrogen and oxygen atoms in total. The van der Waals surface area contributed by atoms with Crippen LogP contribution < -0.4 is 4.74 Å². The van der Waals surface area contributed by atoms with E-state index in [0.29, 0.717) is 13.0 Å². The number of hydrogen-bond donors (Lipinski definition) is 0. The van der Waals surface area contributed by atoms with Gasteiger partial charge in [-0.2, -0.15) is 5.26 Å². The highest BCUT2D eigenvalue weighted by atomic mass is 16.5. The maximum absolute atomic E-state index is 8.37. The fourth-order valence-electron chi connectivity index (χ4n) is 1.46. The van der Waals surface area contributed by atoms with Crippen molar-refractivity contribution in [2.45, 2.75) is 13.3 Å². The van der Waals surface area contributed by atoms with Crippen molar-refractivity contribution < 1.29 is 9.15 Å². The summed E-state index contributed by atoms with van der Waals surface area (Å²) >= 11 is 0. The fourth-order valence-corrected chi connectivity index (χ4v) is 1.46. The Morgan fingerprint density at radius 2 is 2.27 bits per heavy atom. The molecule has 1 heterocycles. The van der Waals surface area contributed by atoms with Gasteiger partial charge in [-0.25, -0.2) is 0 Å². The molecule has 1 aromatic heterocycles. The van der Waals surface area contributed by atoms with E-state index in [9.17, 15) is 0 Å². The van der Waals surface area contributed by atoms with Gasteiger partial charge in [-0.05, 0) is 31.2 Å². The van der Waals surface area contributed by atoms with Crippen LogP contribution in [0.1, 0.15) is 12.2 Å². The summed E-state index contributed by atoms with van der Waals surface area (Å²) in [5.41, 5.74) is 0.861. The second kappa shape index (κ2) is 4.05. The molecule has 2 rings (SSSR count). The smallest absolute Gasteiger partial charge is 0.134 e. The van der Waals surface area contributed by atoms with Crippen LogP contribution in [0.2, 0.25) is 0 Å². The standard InChI is InChI=1S/C12H11NO2/c1-9-7-10-8-11(14-6-2-5-13)3-4-12(10)15-9/h3-4,7-8H,2,6H2,1H3. The number of fused-ring (bicyclic) bond motifs is 1. The summed E-state index contributed by atoms with van der Waals surface area (Å²) < 4.78 is 10.8. The lowest BCUT2D eigenvalue weighted by atomic mass is 10.2. The van der Waals surface area contributed by atoms with Crippen LogP contribution in [0.4, 0.5) is 0 Å². The van der Waals surface area contributed by atoms with Crippen LogP contribution in [-0.4, -0.2) is 6.61 Å². The van der Waals surface area contributed by atoms with Crippen molar-refractivity contribution in [1.29, 1.82) is 5.26 Å². The Balaban J connectivity index is 2.19. The van der Waals surface area contributed by atoms with Crippen molar-refractivity contribution in [1.82, 2.24) is 0 Å². The largest absolute Gasteiger partial charge is 0.492 e. The number of benzene rings is 1. The van der Waals surface area contributed by atoms with Gasteiger partial charge in [0.15, 0.2) is 0 Å². The average Bonchev–Trinajstić information content (AvgIpc) is 2.57. The molecule has 0 fully saturated rings. The number of ether oxygens (including phenoxy) is 1. The fraction of sp³-hybridized carbons (Fsp3) is 0.250. The molecule has 0 saturated carbocycles. The molecule has 1 aromatic carbocycles. The zero-order valence-corrected chi connectivity index (χ0v) is 8.49. The van der Waals surface area contributed by atoms with Gasteiger partial charge in [-0.1, -0.05) is 0 Å². The van der Waals surface area contributed by atoms with Crippen LogP contribution in [0.5, 0.6) is 5.75 Å². The van der Waals surface area contributed by atoms with Crippen LogP contribution in [0.25, 0.3) is 11.0 Å². The lowest BCUT2D eigenvalue weighted by Crippen LogP contribution is -1.94. The van der Waals surface area contributed by atoms with E-state index in [0.717, 1.165) is 22.5 Å². The summed E-state index contributed by atoms with van der Waals surface area (Å²) in [5.74, 6) is 1.66. The van der Waals surface area contributed by atoms with E-state index in [2.05, 4.69) is 0 Å². The second-order valence-corrected chi connectivity index (χ2v) is 3.31. The van der Waals surface area contributed by atoms with Crippen LogP contribution in [0.15, 0.2) is 28.7 Å². The molecule has 0 aliphatic rings. The highest BCUT2D eigenvalue weighted by molar-refractivity contribution is 5.79. The SMILES string of the molecule is Cc1cc2cc(OCCC#N)ccc2o1. The van der Waals surface area contributed by atoms with E-state index < -0.39 is 0 Å². The molecule has 15 heavy (non-hydrogen) atoms. The molecular formula is C12H11NO2. The molecule has 0 radical (unpaired) electrons. The van der Waals surface area contributed by atoms with Crippen molar-refractivity contribution >= 4 is 11.0 Å². The zero-order chi connectivity index (χ0) is 10.7. The molecular weight excluding hydrogens is 190 g/mol. The highest BCUT2D eigenvalue weighted by Gasteiger charge is 2.01. The predicted molar refractivity (Wildman–Crippen MR) is 56.7 cm³/mol. The third-order valence-electron chi connectivity index (χ3n) is 2.09. The monoisotopic (exact) mass is 201 g/mol. The first-order valence-electron chi connectivity index (χ1n) is 4.79. The Morgan fingerprint density at radius 3 is 3.07 bits per heavy atom. The number of nitrogens with zero attached hydrogens (tertiary/aromatic N) is 1. The van der Waals surface area contributed by atoms with E-state index >= 15 is 0 Å². The molecule has 2 aromatic rings. The van der Waals surface area contributed by atoms with Crippen molar-refractivity contribution in [3.63, 3.8) is 0 Å². The Labute approximate surface area is 87.9 Å². The zero-order valence-electron chi connectivity index (χ0n) is 8.49. The summed E-state index contributed by atoms with van der Waals surface area (Å²) in [6.45, 7) is 2.34. The van der Waals surface area contributed by atoms with Gasteiger partial charge in [0.1, 0.15) is 23.7 Å². The van der Waals surface area contributed by atoms with Crippen molar-refractivity contribution in [2.24, 2.45) is 0 Å². The molecule has 0 aliphatic carbocycles. The minimum Gasteiger partial charge on any atom is -0.492 e. The molecule has 0 bridgehead atoms. The van der Waals surface area contributed by atoms with Crippen LogP contribution in [0.3, 0.4) is 0 Å². The maximum atomic E-state index is 8.37. The van der Waals surface area contributed by atoms with Crippen LogP contribution in [0, 0.1) is 18.3 Å². The van der Waals surface area contributed by atoms with Crippen molar-refractivity contribution in [3.8, 4) is 11.8 Å². The first-order valence-corrected chi connectivity index (χ1v) is 4.79. The predicted octanol–water partition coefficient (Wildman–Crippen LogP) is 3.03. The number of aryl methyl sites for hydroxylation is 1. The molecule has 0 atom stereocenters. The minimum absolute atomic E-state index is 0.405. The summed E-state index contributed by atoms with van der Waals surface area (Å²) in [7, 11) is 0. The van der Waals surface area contributed by atoms with Crippen molar-refractivity contribution in [3.05, 3.63) is 30.0 Å².